The summed E-state index contributed by atoms with van der Waals surface area (Å²) in [5.74, 6) is -1.24. The number of anilines is 1. The molecule has 0 radical (unpaired) electrons. The van der Waals surface area contributed by atoms with Crippen LogP contribution in [0.3, 0.4) is 0 Å². The highest BCUT2D eigenvalue weighted by atomic mass is 35.5. The molecule has 0 fully saturated rings. The normalized spacial score (nSPS) is 13.0. The second-order valence-electron chi connectivity index (χ2n) is 7.39. The van der Waals surface area contributed by atoms with E-state index < -0.39 is 5.97 Å². The molecule has 1 aliphatic rings. The third-order valence-corrected chi connectivity index (χ3v) is 6.50. The van der Waals surface area contributed by atoms with Gasteiger partial charge >= 0.3 is 5.97 Å². The minimum absolute atomic E-state index is 0.0937. The van der Waals surface area contributed by atoms with E-state index in [1.165, 1.54) is 30.4 Å². The molecule has 168 valence electrons. The molecule has 0 bridgehead atoms. The van der Waals surface area contributed by atoms with Gasteiger partial charge in [-0.1, -0.05) is 53.8 Å². The number of nitrogens with one attached hydrogen (secondary N) is 1. The van der Waals surface area contributed by atoms with Crippen LogP contribution < -0.4 is 5.32 Å². The number of thiazole rings is 1. The summed E-state index contributed by atoms with van der Waals surface area (Å²) >= 11 is 7.90. The smallest absolute Gasteiger partial charge is 0.335 e. The molecule has 0 saturated carbocycles. The van der Waals surface area contributed by atoms with Crippen molar-refractivity contribution in [1.82, 2.24) is 14.8 Å². The van der Waals surface area contributed by atoms with Gasteiger partial charge in [0.1, 0.15) is 0 Å². The van der Waals surface area contributed by atoms with Gasteiger partial charge in [-0.25, -0.2) is 14.5 Å². The lowest BCUT2D eigenvalue weighted by Gasteiger charge is -2.15. The highest BCUT2D eigenvalue weighted by Crippen LogP contribution is 2.44. The van der Waals surface area contributed by atoms with Gasteiger partial charge in [-0.3, -0.25) is 4.79 Å². The van der Waals surface area contributed by atoms with Crippen molar-refractivity contribution in [2.45, 2.75) is 26.7 Å². The van der Waals surface area contributed by atoms with Gasteiger partial charge in [0.25, 0.3) is 0 Å². The maximum absolute atomic E-state index is 11.6. The van der Waals surface area contributed by atoms with Gasteiger partial charge in [-0.15, -0.1) is 0 Å². The quantitative estimate of drug-likeness (QED) is 0.451. The molecular weight excluding hydrogens is 460 g/mol. The summed E-state index contributed by atoms with van der Waals surface area (Å²) < 4.78 is 1.74. The molecule has 0 unspecified atom stereocenters. The second-order valence-corrected chi connectivity index (χ2v) is 8.79. The summed E-state index contributed by atoms with van der Waals surface area (Å²) in [6.45, 7) is 7.33. The van der Waals surface area contributed by atoms with E-state index in [1.54, 1.807) is 16.8 Å². The van der Waals surface area contributed by atoms with E-state index in [0.29, 0.717) is 23.7 Å². The Morgan fingerprint density at radius 3 is 2.76 bits per heavy atom. The molecule has 2 heterocycles. The lowest BCUT2D eigenvalue weighted by atomic mass is 9.94. The molecule has 0 spiro atoms. The predicted octanol–water partition coefficient (Wildman–Crippen LogP) is 5.55. The first-order valence-corrected chi connectivity index (χ1v) is 11.4. The van der Waals surface area contributed by atoms with Gasteiger partial charge < -0.3 is 10.4 Å². The van der Waals surface area contributed by atoms with E-state index in [9.17, 15) is 14.7 Å². The highest BCUT2D eigenvalue weighted by molar-refractivity contribution is 7.19. The molecule has 0 atom stereocenters. The zero-order valence-electron chi connectivity index (χ0n) is 18.1. The third-order valence-electron chi connectivity index (χ3n) is 5.18. The number of nitrogens with zero attached hydrogens (tertiary/aromatic N) is 3. The Hall–Kier alpha value is -3.49. The SMILES string of the molecule is C=C/C(=C\C=C/C)c1nn(-c2ccc(C(=O)O)cc2Cl)c2c1CCc1nc(NC(C)=O)sc1-2. The number of fused-ring (bicyclic) bond motifs is 3. The predicted molar refractivity (Wildman–Crippen MR) is 131 cm³/mol. The summed E-state index contributed by atoms with van der Waals surface area (Å²) in [6, 6.07) is 4.56. The number of carboxylic acids is 1. The van der Waals surface area contributed by atoms with E-state index in [1.807, 2.05) is 25.2 Å². The van der Waals surface area contributed by atoms with Crippen LogP contribution in [-0.4, -0.2) is 31.7 Å². The first-order chi connectivity index (χ1) is 15.8. The number of aromatic nitrogens is 3. The largest absolute Gasteiger partial charge is 0.478 e. The number of hydrogen-bond acceptors (Lipinski definition) is 5. The Kier molecular flexibility index (Phi) is 6.31. The molecule has 4 rings (SSSR count). The molecule has 1 aliphatic carbocycles. The van der Waals surface area contributed by atoms with Gasteiger partial charge in [-0.05, 0) is 38.0 Å². The summed E-state index contributed by atoms with van der Waals surface area (Å²) in [5, 5.41) is 17.8. The lowest BCUT2D eigenvalue weighted by molar-refractivity contribution is -0.114. The Bertz CT molecular complexity index is 1350. The second kappa shape index (κ2) is 9.17. The first kappa shape index (κ1) is 22.7. The van der Waals surface area contributed by atoms with Crippen LogP contribution in [0.5, 0.6) is 0 Å². The van der Waals surface area contributed by atoms with Crippen molar-refractivity contribution in [1.29, 1.82) is 0 Å². The first-order valence-electron chi connectivity index (χ1n) is 10.2. The average molecular weight is 481 g/mol. The Morgan fingerprint density at radius 2 is 2.12 bits per heavy atom. The van der Waals surface area contributed by atoms with Gasteiger partial charge in [-0.2, -0.15) is 5.10 Å². The van der Waals surface area contributed by atoms with Crippen LogP contribution in [0, 0.1) is 0 Å². The summed E-state index contributed by atoms with van der Waals surface area (Å²) in [4.78, 5) is 28.4. The van der Waals surface area contributed by atoms with Crippen molar-refractivity contribution in [2.24, 2.45) is 0 Å². The summed E-state index contributed by atoms with van der Waals surface area (Å²) in [5.41, 5.74) is 5.01. The van der Waals surface area contributed by atoms with Crippen molar-refractivity contribution >= 4 is 45.5 Å². The number of hydrogen-bond donors (Lipinski definition) is 2. The van der Waals surface area contributed by atoms with Crippen LogP contribution in [0.25, 0.3) is 21.8 Å². The maximum Gasteiger partial charge on any atom is 0.335 e. The van der Waals surface area contributed by atoms with E-state index in [0.717, 1.165) is 33.1 Å². The lowest BCUT2D eigenvalue weighted by Crippen LogP contribution is -2.07. The van der Waals surface area contributed by atoms with E-state index >= 15 is 0 Å². The van der Waals surface area contributed by atoms with Crippen molar-refractivity contribution in [2.75, 3.05) is 5.32 Å². The average Bonchev–Trinajstić information content (AvgIpc) is 3.34. The topological polar surface area (TPSA) is 97.1 Å². The van der Waals surface area contributed by atoms with Crippen molar-refractivity contribution in [3.05, 3.63) is 76.6 Å². The molecule has 7 nitrogen and oxygen atoms in total. The maximum atomic E-state index is 11.6. The number of carbonyl (C=O) groups excluding carboxylic acids is 1. The molecule has 2 aromatic heterocycles. The molecule has 9 heteroatoms. The number of aromatic carboxylic acids is 1. The van der Waals surface area contributed by atoms with Crippen LogP contribution in [0.2, 0.25) is 5.02 Å². The van der Waals surface area contributed by atoms with E-state index in [2.05, 4.69) is 16.9 Å². The van der Waals surface area contributed by atoms with Crippen LogP contribution in [0.15, 0.2) is 49.1 Å². The van der Waals surface area contributed by atoms with Crippen molar-refractivity contribution in [3.63, 3.8) is 0 Å². The van der Waals surface area contributed by atoms with Gasteiger partial charge in [0, 0.05) is 18.1 Å². The van der Waals surface area contributed by atoms with Crippen LogP contribution in [0.4, 0.5) is 5.13 Å². The van der Waals surface area contributed by atoms with Crippen molar-refractivity contribution < 1.29 is 14.7 Å². The fourth-order valence-electron chi connectivity index (χ4n) is 3.74. The Labute approximate surface area is 199 Å². The highest BCUT2D eigenvalue weighted by Gasteiger charge is 2.30. The number of carbonyl (C=O) groups is 2. The minimum Gasteiger partial charge on any atom is -0.478 e. The minimum atomic E-state index is -1.06. The fourth-order valence-corrected chi connectivity index (χ4v) is 5.11. The molecule has 2 N–H and O–H groups in total. The van der Waals surface area contributed by atoms with Crippen molar-refractivity contribution in [3.8, 4) is 16.3 Å². The van der Waals surface area contributed by atoms with Crippen LogP contribution in [0.1, 0.15) is 41.2 Å². The number of amides is 1. The molecular formula is C24H21ClN4O3S. The van der Waals surface area contributed by atoms with E-state index in [-0.39, 0.29) is 16.5 Å². The van der Waals surface area contributed by atoms with Gasteiger partial charge in [0.2, 0.25) is 5.91 Å². The molecule has 1 aromatic carbocycles. The zero-order valence-corrected chi connectivity index (χ0v) is 19.6. The fraction of sp³-hybridized carbons (Fsp3) is 0.167. The number of rotatable bonds is 6. The Morgan fingerprint density at radius 1 is 1.33 bits per heavy atom. The Balaban J connectivity index is 1.98. The molecule has 0 saturated heterocycles. The standard InChI is InChI=1S/C24H21ClN4O3S/c1-4-6-7-14(5-2)20-16-9-10-18-22(33-24(27-18)26-13(3)30)21(16)29(28-20)19-11-8-15(23(31)32)12-17(19)25/h4-8,11-12H,2,9-10H2,1,3H3,(H,31,32)(H,26,27,30)/b6-4-,14-7+. The van der Waals surface area contributed by atoms with Crippen LogP contribution >= 0.6 is 22.9 Å². The van der Waals surface area contributed by atoms with Gasteiger partial charge in [0.15, 0.2) is 5.13 Å². The molecule has 3 aromatic rings. The number of aryl methyl sites for hydroxylation is 1. The number of allylic oxidation sites excluding steroid dienone is 5. The zero-order chi connectivity index (χ0) is 23.7. The monoisotopic (exact) mass is 480 g/mol. The van der Waals surface area contributed by atoms with E-state index in [4.69, 9.17) is 16.7 Å². The molecule has 0 aliphatic heterocycles. The molecule has 33 heavy (non-hydrogen) atoms. The van der Waals surface area contributed by atoms with Gasteiger partial charge in [0.05, 0.1) is 38.2 Å². The number of halogens is 1. The molecule has 1 amide bonds. The third kappa shape index (κ3) is 4.27. The summed E-state index contributed by atoms with van der Waals surface area (Å²) in [6.07, 6.45) is 8.96. The number of benzene rings is 1. The number of carboxylic acid groups (broad SMARTS) is 1. The van der Waals surface area contributed by atoms with Crippen LogP contribution in [-0.2, 0) is 17.6 Å². The summed E-state index contributed by atoms with van der Waals surface area (Å²) in [7, 11) is 0.